The lowest BCUT2D eigenvalue weighted by Crippen LogP contribution is -2.48. The summed E-state index contributed by atoms with van der Waals surface area (Å²) in [4.78, 5) is 28.9. The minimum atomic E-state index is -0.0912. The molecule has 6 heteroatoms. The standard InChI is InChI=1S/C23H36N4O2/c1-3-24-22(28)21-5-4-12-27(17-21)23(29)25-15-19-6-8-20(9-7-19)16-26-13-10-18(2)11-14-26/h6-9,18,21H,3-5,10-17H2,1-2H3,(H,24,28)(H,25,29). The summed E-state index contributed by atoms with van der Waals surface area (Å²) in [6.07, 6.45) is 4.31. The highest BCUT2D eigenvalue weighted by atomic mass is 16.2. The van der Waals surface area contributed by atoms with Crippen LogP contribution in [0.25, 0.3) is 0 Å². The quantitative estimate of drug-likeness (QED) is 0.772. The Kier molecular flexibility index (Phi) is 7.92. The van der Waals surface area contributed by atoms with Crippen LogP contribution in [0.5, 0.6) is 0 Å². The Morgan fingerprint density at radius 1 is 1.00 bits per heavy atom. The maximum absolute atomic E-state index is 12.5. The average Bonchev–Trinajstić information content (AvgIpc) is 2.75. The predicted octanol–water partition coefficient (Wildman–Crippen LogP) is 2.98. The molecule has 3 rings (SSSR count). The molecule has 1 unspecified atom stereocenters. The summed E-state index contributed by atoms with van der Waals surface area (Å²) in [6, 6.07) is 8.48. The SMILES string of the molecule is CCNC(=O)C1CCCN(C(=O)NCc2ccc(CN3CCC(C)CC3)cc2)C1. The summed E-state index contributed by atoms with van der Waals surface area (Å²) >= 11 is 0. The number of amides is 3. The number of nitrogens with one attached hydrogen (secondary N) is 2. The lowest BCUT2D eigenvalue weighted by atomic mass is 9.97. The molecule has 29 heavy (non-hydrogen) atoms. The normalized spacial score (nSPS) is 21.0. The van der Waals surface area contributed by atoms with E-state index < -0.39 is 0 Å². The van der Waals surface area contributed by atoms with Crippen LogP contribution in [0.3, 0.4) is 0 Å². The third kappa shape index (κ3) is 6.46. The first-order valence-electron chi connectivity index (χ1n) is 11.2. The number of piperidine rings is 2. The molecule has 2 heterocycles. The van der Waals surface area contributed by atoms with E-state index in [1.807, 2.05) is 6.92 Å². The Hall–Kier alpha value is -2.08. The molecule has 160 valence electrons. The van der Waals surface area contributed by atoms with E-state index in [1.165, 1.54) is 31.5 Å². The first-order chi connectivity index (χ1) is 14.0. The van der Waals surface area contributed by atoms with Crippen molar-refractivity contribution in [1.82, 2.24) is 20.4 Å². The molecule has 2 aliphatic rings. The van der Waals surface area contributed by atoms with Crippen LogP contribution in [0.4, 0.5) is 4.79 Å². The summed E-state index contributed by atoms with van der Waals surface area (Å²) < 4.78 is 0. The Morgan fingerprint density at radius 2 is 1.69 bits per heavy atom. The number of hydrogen-bond acceptors (Lipinski definition) is 3. The van der Waals surface area contributed by atoms with E-state index in [-0.39, 0.29) is 17.9 Å². The number of likely N-dealkylation sites (tertiary alicyclic amines) is 2. The summed E-state index contributed by atoms with van der Waals surface area (Å²) in [5, 5.41) is 5.88. The molecule has 2 N–H and O–H groups in total. The molecule has 1 aromatic carbocycles. The second-order valence-electron chi connectivity index (χ2n) is 8.61. The number of hydrogen-bond donors (Lipinski definition) is 2. The summed E-state index contributed by atoms with van der Waals surface area (Å²) in [5.74, 6) is 0.823. The molecule has 3 amide bonds. The lowest BCUT2D eigenvalue weighted by Gasteiger charge is -2.32. The van der Waals surface area contributed by atoms with Crippen LogP contribution in [-0.2, 0) is 17.9 Å². The minimum Gasteiger partial charge on any atom is -0.356 e. The van der Waals surface area contributed by atoms with Gasteiger partial charge in [-0.25, -0.2) is 4.79 Å². The number of nitrogens with zero attached hydrogens (tertiary/aromatic N) is 2. The molecule has 0 radical (unpaired) electrons. The van der Waals surface area contributed by atoms with E-state index in [0.717, 1.165) is 37.4 Å². The van der Waals surface area contributed by atoms with E-state index in [9.17, 15) is 9.59 Å². The highest BCUT2D eigenvalue weighted by Crippen LogP contribution is 2.19. The minimum absolute atomic E-state index is 0.0590. The average molecular weight is 401 g/mol. The molecule has 6 nitrogen and oxygen atoms in total. The molecule has 1 atom stereocenters. The predicted molar refractivity (Wildman–Crippen MR) is 115 cm³/mol. The Morgan fingerprint density at radius 3 is 2.38 bits per heavy atom. The van der Waals surface area contributed by atoms with Gasteiger partial charge in [0.15, 0.2) is 0 Å². The summed E-state index contributed by atoms with van der Waals surface area (Å²) in [7, 11) is 0. The Bertz CT molecular complexity index is 668. The van der Waals surface area contributed by atoms with Gasteiger partial charge in [0, 0.05) is 32.7 Å². The first-order valence-corrected chi connectivity index (χ1v) is 11.2. The van der Waals surface area contributed by atoms with Crippen molar-refractivity contribution in [3.8, 4) is 0 Å². The van der Waals surface area contributed by atoms with Crippen molar-refractivity contribution >= 4 is 11.9 Å². The Balaban J connectivity index is 1.43. The molecular formula is C23H36N4O2. The van der Waals surface area contributed by atoms with Crippen LogP contribution in [0, 0.1) is 11.8 Å². The summed E-state index contributed by atoms with van der Waals surface area (Å²) in [6.45, 7) is 10.0. The third-order valence-electron chi connectivity index (χ3n) is 6.18. The van der Waals surface area contributed by atoms with Gasteiger partial charge in [-0.1, -0.05) is 31.2 Å². The largest absolute Gasteiger partial charge is 0.356 e. The molecule has 0 saturated carbocycles. The first kappa shape index (κ1) is 21.6. The number of urea groups is 1. The van der Waals surface area contributed by atoms with Crippen LogP contribution in [-0.4, -0.2) is 54.5 Å². The number of benzene rings is 1. The second kappa shape index (κ2) is 10.6. The van der Waals surface area contributed by atoms with E-state index >= 15 is 0 Å². The fraction of sp³-hybridized carbons (Fsp3) is 0.652. The fourth-order valence-electron chi connectivity index (χ4n) is 4.22. The number of rotatable bonds is 6. The van der Waals surface area contributed by atoms with E-state index in [1.54, 1.807) is 4.90 Å². The molecule has 0 aromatic heterocycles. The van der Waals surface area contributed by atoms with Crippen molar-refractivity contribution in [1.29, 1.82) is 0 Å². The fourth-order valence-corrected chi connectivity index (χ4v) is 4.22. The van der Waals surface area contributed by atoms with Gasteiger partial charge in [0.1, 0.15) is 0 Å². The van der Waals surface area contributed by atoms with Crippen LogP contribution in [0.1, 0.15) is 50.7 Å². The molecule has 2 saturated heterocycles. The molecule has 0 bridgehead atoms. The van der Waals surface area contributed by atoms with Crippen LogP contribution < -0.4 is 10.6 Å². The second-order valence-corrected chi connectivity index (χ2v) is 8.61. The van der Waals surface area contributed by atoms with Crippen molar-refractivity contribution in [2.75, 3.05) is 32.7 Å². The highest BCUT2D eigenvalue weighted by Gasteiger charge is 2.27. The van der Waals surface area contributed by atoms with Gasteiger partial charge >= 0.3 is 6.03 Å². The van der Waals surface area contributed by atoms with E-state index in [2.05, 4.69) is 46.7 Å². The van der Waals surface area contributed by atoms with Gasteiger partial charge in [0.05, 0.1) is 5.92 Å². The molecule has 1 aromatic rings. The molecular weight excluding hydrogens is 364 g/mol. The van der Waals surface area contributed by atoms with Gasteiger partial charge in [0.25, 0.3) is 0 Å². The van der Waals surface area contributed by atoms with Gasteiger partial charge < -0.3 is 15.5 Å². The van der Waals surface area contributed by atoms with Gasteiger partial charge in [-0.3, -0.25) is 9.69 Å². The molecule has 2 aliphatic heterocycles. The van der Waals surface area contributed by atoms with Crippen LogP contribution in [0.2, 0.25) is 0 Å². The van der Waals surface area contributed by atoms with Crippen molar-refractivity contribution < 1.29 is 9.59 Å². The smallest absolute Gasteiger partial charge is 0.317 e. The van der Waals surface area contributed by atoms with Gasteiger partial charge in [-0.2, -0.15) is 0 Å². The van der Waals surface area contributed by atoms with Crippen molar-refractivity contribution in [2.24, 2.45) is 11.8 Å². The zero-order chi connectivity index (χ0) is 20.6. The van der Waals surface area contributed by atoms with Crippen LogP contribution >= 0.6 is 0 Å². The van der Waals surface area contributed by atoms with Crippen molar-refractivity contribution in [3.05, 3.63) is 35.4 Å². The third-order valence-corrected chi connectivity index (χ3v) is 6.18. The molecule has 2 fully saturated rings. The molecule has 0 spiro atoms. The number of carbonyl (C=O) groups excluding carboxylic acids is 2. The Labute approximate surface area is 175 Å². The summed E-state index contributed by atoms with van der Waals surface area (Å²) in [5.41, 5.74) is 2.43. The van der Waals surface area contributed by atoms with Crippen molar-refractivity contribution in [3.63, 3.8) is 0 Å². The van der Waals surface area contributed by atoms with Gasteiger partial charge in [-0.15, -0.1) is 0 Å². The van der Waals surface area contributed by atoms with Crippen LogP contribution in [0.15, 0.2) is 24.3 Å². The zero-order valence-corrected chi connectivity index (χ0v) is 18.0. The zero-order valence-electron chi connectivity index (χ0n) is 18.0. The van der Waals surface area contributed by atoms with Gasteiger partial charge in [0.2, 0.25) is 5.91 Å². The monoisotopic (exact) mass is 400 g/mol. The highest BCUT2D eigenvalue weighted by molar-refractivity contribution is 5.80. The molecule has 0 aliphatic carbocycles. The lowest BCUT2D eigenvalue weighted by molar-refractivity contribution is -0.126. The topological polar surface area (TPSA) is 64.7 Å². The van der Waals surface area contributed by atoms with Crippen molar-refractivity contribution in [2.45, 2.75) is 52.6 Å². The van der Waals surface area contributed by atoms with E-state index in [4.69, 9.17) is 0 Å². The van der Waals surface area contributed by atoms with E-state index in [0.29, 0.717) is 19.6 Å². The van der Waals surface area contributed by atoms with Gasteiger partial charge in [-0.05, 0) is 62.7 Å². The maximum atomic E-state index is 12.5. The maximum Gasteiger partial charge on any atom is 0.317 e. The number of carbonyl (C=O) groups is 2.